The Labute approximate surface area is 79.0 Å². The van der Waals surface area contributed by atoms with Gasteiger partial charge in [-0.3, -0.25) is 0 Å². The van der Waals surface area contributed by atoms with Crippen LogP contribution in [0.4, 0.5) is 0 Å². The second-order valence-corrected chi connectivity index (χ2v) is 7.26. The smallest absolute Gasteiger partial charge is 0.485 e. The Morgan fingerprint density at radius 1 is 1.36 bits per heavy atom. The first-order valence-electron chi connectivity index (χ1n) is 4.13. The van der Waals surface area contributed by atoms with Gasteiger partial charge in [0.1, 0.15) is 0 Å². The second-order valence-electron chi connectivity index (χ2n) is 4.27. The molecule has 11 heavy (non-hydrogen) atoms. The molecule has 1 nitrogen and oxygen atoms in total. The first kappa shape index (κ1) is 11.8. The molecule has 0 rings (SSSR count). The molecule has 0 aliphatic rings. The number of halogens is 1. The summed E-state index contributed by atoms with van der Waals surface area (Å²) in [6, 6.07) is 0. The van der Waals surface area contributed by atoms with Gasteiger partial charge >= 0.3 is 13.6 Å². The topological polar surface area (TPSA) is 9.23 Å². The fourth-order valence-corrected chi connectivity index (χ4v) is 4.28. The summed E-state index contributed by atoms with van der Waals surface area (Å²) >= 11 is -1.41. The average Bonchev–Trinajstić information content (AvgIpc) is 1.53. The van der Waals surface area contributed by atoms with E-state index in [2.05, 4.69) is 34.6 Å². The highest BCUT2D eigenvalue weighted by molar-refractivity contribution is 7.03. The lowest BCUT2D eigenvalue weighted by molar-refractivity contribution is 0.133. The van der Waals surface area contributed by atoms with E-state index in [4.69, 9.17) is 13.8 Å². The van der Waals surface area contributed by atoms with E-state index in [9.17, 15) is 0 Å². The normalized spacial score (nSPS) is 12.3. The molecule has 3 heteroatoms. The van der Waals surface area contributed by atoms with Gasteiger partial charge in [0.05, 0.1) is 0 Å². The molecular formula is C8H18AlClO. The standard InChI is InChI=1S/C4H9O.C4H9.Al.ClH/c1-4(2,3)5;1-4(2)3;;/h1-3H3;4H,1H2,2-3H3;;1H/q-1;;+2;/p-1. The van der Waals surface area contributed by atoms with Crippen LogP contribution in [0, 0.1) is 5.92 Å². The molecule has 0 bridgehead atoms. The third-order valence-corrected chi connectivity index (χ3v) is 4.22. The zero-order valence-electron chi connectivity index (χ0n) is 8.15. The maximum Gasteiger partial charge on any atom is 0.592 e. The summed E-state index contributed by atoms with van der Waals surface area (Å²) in [5, 5.41) is 1.05. The maximum atomic E-state index is 6.08. The molecule has 0 saturated heterocycles. The van der Waals surface area contributed by atoms with Crippen LogP contribution in [0.25, 0.3) is 0 Å². The Morgan fingerprint density at radius 3 is 2.09 bits per heavy atom. The van der Waals surface area contributed by atoms with Gasteiger partial charge in [0, 0.05) is 5.60 Å². The van der Waals surface area contributed by atoms with Crippen molar-refractivity contribution in [2.24, 2.45) is 5.92 Å². The van der Waals surface area contributed by atoms with Crippen LogP contribution >= 0.6 is 10.0 Å². The summed E-state index contributed by atoms with van der Waals surface area (Å²) in [7, 11) is 6.08. The molecule has 0 aromatic carbocycles. The quantitative estimate of drug-likeness (QED) is 0.624. The lowest BCUT2D eigenvalue weighted by Gasteiger charge is -2.23. The summed E-state index contributed by atoms with van der Waals surface area (Å²) < 4.78 is 5.65. The van der Waals surface area contributed by atoms with Crippen LogP contribution < -0.4 is 0 Å². The van der Waals surface area contributed by atoms with Gasteiger partial charge in [-0.2, -0.15) is 0 Å². The van der Waals surface area contributed by atoms with Gasteiger partial charge in [-0.05, 0) is 20.8 Å². The molecule has 0 unspecified atom stereocenters. The van der Waals surface area contributed by atoms with Crippen LogP contribution in [0.1, 0.15) is 34.6 Å². The minimum atomic E-state index is -1.41. The second kappa shape index (κ2) is 4.72. The Morgan fingerprint density at radius 2 is 1.82 bits per heavy atom. The highest BCUT2D eigenvalue weighted by atomic mass is 35.6. The molecule has 0 aromatic rings. The summed E-state index contributed by atoms with van der Waals surface area (Å²) in [5.41, 5.74) is -0.0620. The number of rotatable bonds is 3. The van der Waals surface area contributed by atoms with Gasteiger partial charge in [-0.25, -0.2) is 10.0 Å². The monoisotopic (exact) mass is 192 g/mol. The van der Waals surface area contributed by atoms with Crippen molar-refractivity contribution in [3.63, 3.8) is 0 Å². The molecule has 0 atom stereocenters. The van der Waals surface area contributed by atoms with Crippen LogP contribution in [0.3, 0.4) is 0 Å². The van der Waals surface area contributed by atoms with E-state index in [1.165, 1.54) is 0 Å². The van der Waals surface area contributed by atoms with Gasteiger partial charge in [0.2, 0.25) is 0 Å². The fourth-order valence-electron chi connectivity index (χ4n) is 0.802. The van der Waals surface area contributed by atoms with Crippen molar-refractivity contribution >= 4 is 23.6 Å². The van der Waals surface area contributed by atoms with Crippen molar-refractivity contribution in [3.05, 3.63) is 0 Å². The lowest BCUT2D eigenvalue weighted by Crippen LogP contribution is -2.27. The SMILES string of the molecule is CC(C)[CH2][Al]([Cl])[O]C(C)(C)C. The third kappa shape index (κ3) is 8.69. The van der Waals surface area contributed by atoms with Crippen molar-refractivity contribution in [1.29, 1.82) is 0 Å². The molecule has 0 saturated carbocycles. The van der Waals surface area contributed by atoms with Crippen molar-refractivity contribution in [2.45, 2.75) is 45.5 Å². The van der Waals surface area contributed by atoms with E-state index in [-0.39, 0.29) is 5.60 Å². The van der Waals surface area contributed by atoms with Crippen molar-refractivity contribution in [3.8, 4) is 0 Å². The summed E-state index contributed by atoms with van der Waals surface area (Å²) in [5.74, 6) is 0.659. The van der Waals surface area contributed by atoms with Gasteiger partial charge in [-0.15, -0.1) is 0 Å². The van der Waals surface area contributed by atoms with Gasteiger partial charge in [0.25, 0.3) is 0 Å². The summed E-state index contributed by atoms with van der Waals surface area (Å²) in [4.78, 5) is 0. The van der Waals surface area contributed by atoms with E-state index in [0.29, 0.717) is 5.92 Å². The van der Waals surface area contributed by atoms with Gasteiger partial charge in [0.15, 0.2) is 0 Å². The van der Waals surface area contributed by atoms with Crippen molar-refractivity contribution in [1.82, 2.24) is 0 Å². The largest absolute Gasteiger partial charge is 0.592 e. The molecular weight excluding hydrogens is 175 g/mol. The molecule has 0 radical (unpaired) electrons. The Bertz CT molecular complexity index is 109. The van der Waals surface area contributed by atoms with E-state index in [0.717, 1.165) is 5.28 Å². The van der Waals surface area contributed by atoms with Gasteiger partial charge < -0.3 is 3.79 Å². The molecule has 0 heterocycles. The third-order valence-electron chi connectivity index (χ3n) is 1.14. The van der Waals surface area contributed by atoms with E-state index < -0.39 is 13.6 Å². The van der Waals surface area contributed by atoms with Crippen LogP contribution in [-0.4, -0.2) is 19.2 Å². The molecule has 0 fully saturated rings. The lowest BCUT2D eigenvalue weighted by atomic mass is 10.2. The highest BCUT2D eigenvalue weighted by Gasteiger charge is 2.25. The van der Waals surface area contributed by atoms with Crippen LogP contribution in [0.15, 0.2) is 0 Å². The minimum absolute atomic E-state index is 0.0620. The van der Waals surface area contributed by atoms with Crippen LogP contribution in [0.2, 0.25) is 5.28 Å². The Balaban J connectivity index is 3.61. The molecule has 0 aromatic heterocycles. The zero-order chi connectivity index (χ0) is 9.07. The van der Waals surface area contributed by atoms with Crippen molar-refractivity contribution < 1.29 is 3.79 Å². The molecule has 66 valence electrons. The van der Waals surface area contributed by atoms with Gasteiger partial charge in [-0.1, -0.05) is 25.0 Å². The first-order chi connectivity index (χ1) is 4.81. The highest BCUT2D eigenvalue weighted by Crippen LogP contribution is 2.16. The van der Waals surface area contributed by atoms with E-state index >= 15 is 0 Å². The Hall–Kier alpha value is 0.782. The first-order valence-corrected chi connectivity index (χ1v) is 7.16. The van der Waals surface area contributed by atoms with E-state index in [1.807, 2.05) is 0 Å². The summed E-state index contributed by atoms with van der Waals surface area (Å²) in [6.45, 7) is 10.5. The molecule has 0 amide bonds. The average molecular weight is 193 g/mol. The zero-order valence-corrected chi connectivity index (χ0v) is 10.1. The molecule has 0 aliphatic heterocycles. The summed E-state index contributed by atoms with van der Waals surface area (Å²) in [6.07, 6.45) is 0. The Kier molecular flexibility index (Phi) is 5.06. The molecule has 0 aliphatic carbocycles. The van der Waals surface area contributed by atoms with E-state index in [1.54, 1.807) is 0 Å². The minimum Gasteiger partial charge on any atom is -0.485 e. The van der Waals surface area contributed by atoms with Crippen molar-refractivity contribution in [2.75, 3.05) is 0 Å². The molecule has 0 N–H and O–H groups in total. The van der Waals surface area contributed by atoms with Crippen LogP contribution in [-0.2, 0) is 3.79 Å². The van der Waals surface area contributed by atoms with Crippen LogP contribution in [0.5, 0.6) is 0 Å². The maximum absolute atomic E-state index is 6.08. The number of hydrogen-bond donors (Lipinski definition) is 0. The number of hydrogen-bond acceptors (Lipinski definition) is 1. The predicted octanol–water partition coefficient (Wildman–Crippen LogP) is 3.18. The predicted molar refractivity (Wildman–Crippen MR) is 52.1 cm³/mol. The molecule has 0 spiro atoms. The fraction of sp³-hybridized carbons (Fsp3) is 1.00.